The molecule has 2 aromatic rings. The van der Waals surface area contributed by atoms with Crippen molar-refractivity contribution in [2.24, 2.45) is 0 Å². The molecule has 1 amide bonds. The highest BCUT2D eigenvalue weighted by Gasteiger charge is 2.13. The van der Waals surface area contributed by atoms with Crippen LogP contribution in [0.15, 0.2) is 60.7 Å². The maximum absolute atomic E-state index is 11.8. The molecule has 0 bridgehead atoms. The molecule has 0 aliphatic carbocycles. The molecule has 2 aromatic carbocycles. The quantitative estimate of drug-likeness (QED) is 0.844. The number of aliphatic hydroxyl groups excluding tert-OH is 1. The average molecular weight is 271 g/mol. The summed E-state index contributed by atoms with van der Waals surface area (Å²) in [6.07, 6.45) is 0. The van der Waals surface area contributed by atoms with Gasteiger partial charge >= 0.3 is 0 Å². The zero-order chi connectivity index (χ0) is 14.2. The molecule has 0 aliphatic heterocycles. The van der Waals surface area contributed by atoms with E-state index in [0.717, 1.165) is 5.56 Å². The SMILES string of the molecule is O=C(COc1ccccc1)N[C@@H](CO)c1ccccc1. The van der Waals surface area contributed by atoms with E-state index in [2.05, 4.69) is 5.32 Å². The van der Waals surface area contributed by atoms with Gasteiger partial charge in [0.05, 0.1) is 12.6 Å². The minimum absolute atomic E-state index is 0.0760. The van der Waals surface area contributed by atoms with Crippen LogP contribution in [0.4, 0.5) is 0 Å². The Hall–Kier alpha value is -2.33. The van der Waals surface area contributed by atoms with Crippen LogP contribution >= 0.6 is 0 Å². The van der Waals surface area contributed by atoms with Crippen molar-refractivity contribution in [3.63, 3.8) is 0 Å². The lowest BCUT2D eigenvalue weighted by atomic mass is 10.1. The van der Waals surface area contributed by atoms with Crippen molar-refractivity contribution in [3.05, 3.63) is 66.2 Å². The summed E-state index contributed by atoms with van der Waals surface area (Å²) in [5, 5.41) is 12.1. The van der Waals surface area contributed by atoms with Crippen LogP contribution < -0.4 is 10.1 Å². The molecule has 0 unspecified atom stereocenters. The Kier molecular flexibility index (Phi) is 5.15. The number of nitrogens with one attached hydrogen (secondary N) is 1. The number of rotatable bonds is 6. The van der Waals surface area contributed by atoms with Crippen LogP contribution in [-0.2, 0) is 4.79 Å². The van der Waals surface area contributed by atoms with Crippen LogP contribution in [0.5, 0.6) is 5.75 Å². The largest absolute Gasteiger partial charge is 0.484 e. The van der Waals surface area contributed by atoms with Crippen molar-refractivity contribution in [1.29, 1.82) is 0 Å². The fourth-order valence-electron chi connectivity index (χ4n) is 1.82. The number of para-hydroxylation sites is 1. The van der Waals surface area contributed by atoms with Crippen LogP contribution in [0, 0.1) is 0 Å². The summed E-state index contributed by atoms with van der Waals surface area (Å²) in [6, 6.07) is 18.1. The van der Waals surface area contributed by atoms with Gasteiger partial charge in [0.25, 0.3) is 5.91 Å². The molecule has 0 aromatic heterocycles. The van der Waals surface area contributed by atoms with Gasteiger partial charge in [0.1, 0.15) is 5.75 Å². The van der Waals surface area contributed by atoms with Gasteiger partial charge in [-0.25, -0.2) is 0 Å². The average Bonchev–Trinajstić information content (AvgIpc) is 2.52. The molecule has 4 nitrogen and oxygen atoms in total. The van der Waals surface area contributed by atoms with E-state index in [1.807, 2.05) is 48.5 Å². The van der Waals surface area contributed by atoms with Gasteiger partial charge in [-0.15, -0.1) is 0 Å². The fourth-order valence-corrected chi connectivity index (χ4v) is 1.82. The van der Waals surface area contributed by atoms with E-state index in [1.54, 1.807) is 12.1 Å². The molecular weight excluding hydrogens is 254 g/mol. The molecule has 0 heterocycles. The minimum atomic E-state index is -0.414. The summed E-state index contributed by atoms with van der Waals surface area (Å²) >= 11 is 0. The summed E-state index contributed by atoms with van der Waals surface area (Å²) in [4.78, 5) is 11.8. The Morgan fingerprint density at radius 3 is 2.25 bits per heavy atom. The molecular formula is C16H17NO3. The smallest absolute Gasteiger partial charge is 0.258 e. The van der Waals surface area contributed by atoms with E-state index in [4.69, 9.17) is 4.74 Å². The Morgan fingerprint density at radius 2 is 1.65 bits per heavy atom. The van der Waals surface area contributed by atoms with Gasteiger partial charge in [-0.05, 0) is 17.7 Å². The highest BCUT2D eigenvalue weighted by atomic mass is 16.5. The molecule has 0 radical (unpaired) electrons. The van der Waals surface area contributed by atoms with Gasteiger partial charge in [0, 0.05) is 0 Å². The standard InChI is InChI=1S/C16H17NO3/c18-11-15(13-7-3-1-4-8-13)17-16(19)12-20-14-9-5-2-6-10-14/h1-10,15,18H,11-12H2,(H,17,19)/t15-/m0/s1. The van der Waals surface area contributed by atoms with E-state index in [9.17, 15) is 9.90 Å². The molecule has 0 aliphatic rings. The molecule has 0 fully saturated rings. The summed E-state index contributed by atoms with van der Waals surface area (Å²) in [5.74, 6) is 0.375. The topological polar surface area (TPSA) is 58.6 Å². The number of hydrogen-bond acceptors (Lipinski definition) is 3. The van der Waals surface area contributed by atoms with Gasteiger partial charge in [0.2, 0.25) is 0 Å². The highest BCUT2D eigenvalue weighted by molar-refractivity contribution is 5.78. The van der Waals surface area contributed by atoms with E-state index >= 15 is 0 Å². The number of hydrogen-bond donors (Lipinski definition) is 2. The Bertz CT molecular complexity index is 528. The van der Waals surface area contributed by atoms with Gasteiger partial charge in [-0.1, -0.05) is 48.5 Å². The third-order valence-corrected chi connectivity index (χ3v) is 2.83. The predicted octanol–water partition coefficient (Wildman–Crippen LogP) is 1.92. The molecule has 104 valence electrons. The van der Waals surface area contributed by atoms with Crippen LogP contribution in [-0.4, -0.2) is 24.2 Å². The van der Waals surface area contributed by atoms with Gasteiger partial charge < -0.3 is 15.2 Å². The first-order valence-electron chi connectivity index (χ1n) is 6.42. The van der Waals surface area contributed by atoms with E-state index in [0.29, 0.717) is 5.75 Å². The monoisotopic (exact) mass is 271 g/mol. The predicted molar refractivity (Wildman–Crippen MR) is 76.3 cm³/mol. The molecule has 0 saturated heterocycles. The number of benzene rings is 2. The van der Waals surface area contributed by atoms with Crippen LogP contribution in [0.25, 0.3) is 0 Å². The maximum atomic E-state index is 11.8. The van der Waals surface area contributed by atoms with E-state index in [-0.39, 0.29) is 19.1 Å². The first kappa shape index (κ1) is 14.1. The summed E-state index contributed by atoms with van der Waals surface area (Å²) in [7, 11) is 0. The fraction of sp³-hybridized carbons (Fsp3) is 0.188. The van der Waals surface area contributed by atoms with E-state index < -0.39 is 6.04 Å². The molecule has 0 saturated carbocycles. The van der Waals surface area contributed by atoms with Crippen LogP contribution in [0.2, 0.25) is 0 Å². The first-order chi connectivity index (χ1) is 9.79. The number of amides is 1. The number of ether oxygens (including phenoxy) is 1. The normalized spacial score (nSPS) is 11.7. The second-order valence-electron chi connectivity index (χ2n) is 4.32. The third-order valence-electron chi connectivity index (χ3n) is 2.83. The Morgan fingerprint density at radius 1 is 1.05 bits per heavy atom. The summed E-state index contributed by atoms with van der Waals surface area (Å²) < 4.78 is 5.36. The molecule has 2 N–H and O–H groups in total. The first-order valence-corrected chi connectivity index (χ1v) is 6.42. The summed E-state index contributed by atoms with van der Waals surface area (Å²) in [6.45, 7) is -0.228. The second kappa shape index (κ2) is 7.31. The maximum Gasteiger partial charge on any atom is 0.258 e. The van der Waals surface area contributed by atoms with Crippen LogP contribution in [0.3, 0.4) is 0 Å². The third kappa shape index (κ3) is 4.10. The van der Waals surface area contributed by atoms with Crippen molar-refractivity contribution in [1.82, 2.24) is 5.32 Å². The molecule has 1 atom stereocenters. The van der Waals surface area contributed by atoms with E-state index in [1.165, 1.54) is 0 Å². The zero-order valence-corrected chi connectivity index (χ0v) is 11.0. The van der Waals surface area contributed by atoms with Gasteiger partial charge in [-0.2, -0.15) is 0 Å². The molecule has 0 spiro atoms. The van der Waals surface area contributed by atoms with Crippen molar-refractivity contribution in [2.75, 3.05) is 13.2 Å². The molecule has 2 rings (SSSR count). The van der Waals surface area contributed by atoms with Crippen LogP contribution in [0.1, 0.15) is 11.6 Å². The van der Waals surface area contributed by atoms with Gasteiger partial charge in [-0.3, -0.25) is 4.79 Å². The lowest BCUT2D eigenvalue weighted by Gasteiger charge is -2.16. The number of carbonyl (C=O) groups excluding carboxylic acids is 1. The molecule has 20 heavy (non-hydrogen) atoms. The Labute approximate surface area is 118 Å². The Balaban J connectivity index is 1.87. The molecule has 4 heteroatoms. The van der Waals surface area contributed by atoms with Gasteiger partial charge in [0.15, 0.2) is 6.61 Å². The summed E-state index contributed by atoms with van der Waals surface area (Å²) in [5.41, 5.74) is 0.864. The van der Waals surface area contributed by atoms with Crippen molar-refractivity contribution >= 4 is 5.91 Å². The van der Waals surface area contributed by atoms with Crippen molar-refractivity contribution in [2.45, 2.75) is 6.04 Å². The second-order valence-corrected chi connectivity index (χ2v) is 4.32. The van der Waals surface area contributed by atoms with Crippen molar-refractivity contribution < 1.29 is 14.6 Å². The lowest BCUT2D eigenvalue weighted by molar-refractivity contribution is -0.124. The van der Waals surface area contributed by atoms with Crippen molar-refractivity contribution in [3.8, 4) is 5.75 Å². The highest BCUT2D eigenvalue weighted by Crippen LogP contribution is 2.12. The minimum Gasteiger partial charge on any atom is -0.484 e. The number of carbonyl (C=O) groups is 1. The lowest BCUT2D eigenvalue weighted by Crippen LogP contribution is -2.34. The zero-order valence-electron chi connectivity index (χ0n) is 11.0. The number of aliphatic hydroxyl groups is 1.